The highest BCUT2D eigenvalue weighted by Gasteiger charge is 2.52. The number of aromatic nitrogens is 2. The number of hydrogen-bond acceptors (Lipinski definition) is 4. The van der Waals surface area contributed by atoms with E-state index in [9.17, 15) is 8.42 Å². The second-order valence-corrected chi connectivity index (χ2v) is 7.73. The van der Waals surface area contributed by atoms with E-state index in [2.05, 4.69) is 5.10 Å². The minimum absolute atomic E-state index is 0.0273. The fourth-order valence-electron chi connectivity index (χ4n) is 3.32. The summed E-state index contributed by atoms with van der Waals surface area (Å²) in [5, 5.41) is 4.31. The van der Waals surface area contributed by atoms with Gasteiger partial charge in [0, 0.05) is 37.2 Å². The van der Waals surface area contributed by atoms with Crippen LogP contribution in [-0.2, 0) is 17.1 Å². The van der Waals surface area contributed by atoms with E-state index in [0.717, 1.165) is 19.3 Å². The zero-order valence-electron chi connectivity index (χ0n) is 11.3. The summed E-state index contributed by atoms with van der Waals surface area (Å²) in [6.45, 7) is 2.75. The molecule has 1 aromatic rings. The molecule has 2 heterocycles. The van der Waals surface area contributed by atoms with Gasteiger partial charge in [0.25, 0.3) is 10.0 Å². The molecule has 2 fully saturated rings. The SMILES string of the molecule is Cc1cnn(C)c1S(=O)(=O)N1CC(N)C2(CCC2)C1. The zero-order valence-corrected chi connectivity index (χ0v) is 12.2. The molecule has 2 N–H and O–H groups in total. The van der Waals surface area contributed by atoms with Gasteiger partial charge in [-0.25, -0.2) is 8.42 Å². The molecule has 0 aromatic carbocycles. The fourth-order valence-corrected chi connectivity index (χ4v) is 5.19. The van der Waals surface area contributed by atoms with Crippen molar-refractivity contribution in [2.75, 3.05) is 13.1 Å². The molecule has 1 saturated carbocycles. The molecule has 1 aromatic heterocycles. The van der Waals surface area contributed by atoms with Gasteiger partial charge in [-0.3, -0.25) is 4.68 Å². The number of hydrogen-bond donors (Lipinski definition) is 1. The summed E-state index contributed by atoms with van der Waals surface area (Å²) in [5.74, 6) is 0. The molecule has 106 valence electrons. The lowest BCUT2D eigenvalue weighted by Gasteiger charge is -2.41. The van der Waals surface area contributed by atoms with Gasteiger partial charge < -0.3 is 5.73 Å². The van der Waals surface area contributed by atoms with E-state index in [1.54, 1.807) is 24.5 Å². The van der Waals surface area contributed by atoms with Gasteiger partial charge in [-0.05, 0) is 19.8 Å². The third-order valence-electron chi connectivity index (χ3n) is 4.67. The van der Waals surface area contributed by atoms with Gasteiger partial charge in [0.05, 0.1) is 6.20 Å². The zero-order chi connectivity index (χ0) is 13.8. The number of nitrogens with zero attached hydrogens (tertiary/aromatic N) is 3. The van der Waals surface area contributed by atoms with Crippen molar-refractivity contribution in [3.05, 3.63) is 11.8 Å². The number of rotatable bonds is 2. The fraction of sp³-hybridized carbons (Fsp3) is 0.750. The molecule has 1 unspecified atom stereocenters. The Morgan fingerprint density at radius 3 is 2.58 bits per heavy atom. The van der Waals surface area contributed by atoms with E-state index >= 15 is 0 Å². The summed E-state index contributed by atoms with van der Waals surface area (Å²) < 4.78 is 28.4. The molecule has 2 aliphatic rings. The predicted octanol–water partition coefficient (Wildman–Crippen LogP) is 0.230. The van der Waals surface area contributed by atoms with Crippen molar-refractivity contribution in [1.82, 2.24) is 14.1 Å². The summed E-state index contributed by atoms with van der Waals surface area (Å²) in [5.41, 5.74) is 6.88. The Hall–Kier alpha value is -0.920. The van der Waals surface area contributed by atoms with Crippen molar-refractivity contribution in [2.24, 2.45) is 18.2 Å². The first kappa shape index (κ1) is 13.1. The Labute approximate surface area is 113 Å². The summed E-state index contributed by atoms with van der Waals surface area (Å²) in [4.78, 5) is 0. The predicted molar refractivity (Wildman–Crippen MR) is 71.0 cm³/mol. The molecule has 6 nitrogen and oxygen atoms in total. The maximum atomic E-state index is 12.7. The molecule has 3 rings (SSSR count). The average Bonchev–Trinajstić information content (AvgIpc) is 2.79. The second kappa shape index (κ2) is 4.04. The van der Waals surface area contributed by atoms with Gasteiger partial charge in [0.15, 0.2) is 5.03 Å². The average molecular weight is 284 g/mol. The van der Waals surface area contributed by atoms with Crippen LogP contribution >= 0.6 is 0 Å². The maximum absolute atomic E-state index is 12.7. The van der Waals surface area contributed by atoms with Crippen LogP contribution in [0.5, 0.6) is 0 Å². The van der Waals surface area contributed by atoms with Crippen LogP contribution in [0.4, 0.5) is 0 Å². The molecule has 1 aliphatic heterocycles. The van der Waals surface area contributed by atoms with Crippen molar-refractivity contribution < 1.29 is 8.42 Å². The molecule has 19 heavy (non-hydrogen) atoms. The number of sulfonamides is 1. The van der Waals surface area contributed by atoms with Gasteiger partial charge in [0.2, 0.25) is 0 Å². The third-order valence-corrected chi connectivity index (χ3v) is 6.70. The first-order valence-corrected chi connectivity index (χ1v) is 8.05. The summed E-state index contributed by atoms with van der Waals surface area (Å²) in [6.07, 6.45) is 4.84. The van der Waals surface area contributed by atoms with Gasteiger partial charge in [-0.2, -0.15) is 9.40 Å². The van der Waals surface area contributed by atoms with Crippen LogP contribution in [0, 0.1) is 12.3 Å². The smallest absolute Gasteiger partial charge is 0.260 e. The van der Waals surface area contributed by atoms with Crippen LogP contribution in [0.1, 0.15) is 24.8 Å². The van der Waals surface area contributed by atoms with Gasteiger partial charge in [-0.1, -0.05) is 6.42 Å². The lowest BCUT2D eigenvalue weighted by molar-refractivity contribution is 0.133. The first-order valence-electron chi connectivity index (χ1n) is 6.61. The number of aryl methyl sites for hydroxylation is 2. The van der Waals surface area contributed by atoms with Crippen molar-refractivity contribution >= 4 is 10.0 Å². The van der Waals surface area contributed by atoms with Gasteiger partial charge >= 0.3 is 0 Å². The summed E-state index contributed by atoms with van der Waals surface area (Å²) in [6, 6.07) is -0.0374. The largest absolute Gasteiger partial charge is 0.326 e. The highest BCUT2D eigenvalue weighted by molar-refractivity contribution is 7.89. The highest BCUT2D eigenvalue weighted by Crippen LogP contribution is 2.48. The topological polar surface area (TPSA) is 81.2 Å². The van der Waals surface area contributed by atoms with Crippen LogP contribution in [0.2, 0.25) is 0 Å². The maximum Gasteiger partial charge on any atom is 0.260 e. The molecule has 1 saturated heterocycles. The van der Waals surface area contributed by atoms with Crippen molar-refractivity contribution in [3.63, 3.8) is 0 Å². The van der Waals surface area contributed by atoms with Crippen LogP contribution in [0.25, 0.3) is 0 Å². The minimum Gasteiger partial charge on any atom is -0.326 e. The van der Waals surface area contributed by atoms with Crippen molar-refractivity contribution in [1.29, 1.82) is 0 Å². The van der Waals surface area contributed by atoms with E-state index in [4.69, 9.17) is 5.73 Å². The molecular formula is C12H20N4O2S. The van der Waals surface area contributed by atoms with Gasteiger partial charge in [-0.15, -0.1) is 0 Å². The molecule has 7 heteroatoms. The third kappa shape index (κ3) is 1.75. The lowest BCUT2D eigenvalue weighted by atomic mass is 9.66. The van der Waals surface area contributed by atoms with E-state index in [-0.39, 0.29) is 16.5 Å². The highest BCUT2D eigenvalue weighted by atomic mass is 32.2. The molecule has 1 aliphatic carbocycles. The quantitative estimate of drug-likeness (QED) is 0.843. The van der Waals surface area contributed by atoms with Gasteiger partial charge in [0.1, 0.15) is 0 Å². The molecule has 0 amide bonds. The Kier molecular flexibility index (Phi) is 2.78. The number of nitrogens with two attached hydrogens (primary N) is 1. The lowest BCUT2D eigenvalue weighted by Crippen LogP contribution is -2.45. The Morgan fingerprint density at radius 1 is 1.47 bits per heavy atom. The molecule has 1 spiro atoms. The van der Waals surface area contributed by atoms with E-state index in [1.165, 1.54) is 4.68 Å². The van der Waals surface area contributed by atoms with Crippen LogP contribution in [0.3, 0.4) is 0 Å². The van der Waals surface area contributed by atoms with E-state index in [1.807, 2.05) is 0 Å². The minimum atomic E-state index is -3.48. The van der Waals surface area contributed by atoms with Crippen molar-refractivity contribution in [2.45, 2.75) is 37.3 Å². The Morgan fingerprint density at radius 2 is 2.16 bits per heavy atom. The van der Waals surface area contributed by atoms with E-state index < -0.39 is 10.0 Å². The molecule has 0 radical (unpaired) electrons. The first-order chi connectivity index (χ1) is 8.87. The van der Waals surface area contributed by atoms with Crippen molar-refractivity contribution in [3.8, 4) is 0 Å². The summed E-state index contributed by atoms with van der Waals surface area (Å²) in [7, 11) is -1.82. The standard InChI is InChI=1S/C12H20N4O2S/c1-9-6-14-15(2)11(9)19(17,18)16-7-10(13)12(8-16)4-3-5-12/h6,10H,3-5,7-8,13H2,1-2H3. The van der Waals surface area contributed by atoms with Crippen LogP contribution in [-0.4, -0.2) is 41.6 Å². The normalized spacial score (nSPS) is 26.8. The molecular weight excluding hydrogens is 264 g/mol. The Bertz CT molecular complexity index is 584. The molecule has 1 atom stereocenters. The summed E-state index contributed by atoms with van der Waals surface area (Å²) >= 11 is 0. The molecule has 0 bridgehead atoms. The monoisotopic (exact) mass is 284 g/mol. The Balaban J connectivity index is 1.95. The van der Waals surface area contributed by atoms with E-state index in [0.29, 0.717) is 18.7 Å². The van der Waals surface area contributed by atoms with Crippen LogP contribution in [0.15, 0.2) is 11.2 Å². The van der Waals surface area contributed by atoms with Crippen LogP contribution < -0.4 is 5.73 Å². The second-order valence-electron chi connectivity index (χ2n) is 5.88.